The molecule has 0 bridgehead atoms. The summed E-state index contributed by atoms with van der Waals surface area (Å²) in [5.41, 5.74) is 4.32. The van der Waals surface area contributed by atoms with Gasteiger partial charge in [0.2, 0.25) is 5.88 Å². The summed E-state index contributed by atoms with van der Waals surface area (Å²) in [4.78, 5) is 13.3. The fourth-order valence-corrected chi connectivity index (χ4v) is 3.54. The predicted molar refractivity (Wildman–Crippen MR) is 116 cm³/mol. The third-order valence-electron chi connectivity index (χ3n) is 5.26. The van der Waals surface area contributed by atoms with Gasteiger partial charge in [0.15, 0.2) is 0 Å². The van der Waals surface area contributed by atoms with Gasteiger partial charge < -0.3 is 14.6 Å². The SMILES string of the molecule is CCOc1ncccc1C(C)(C)c1cc(NCc2cn(C)cn2)c2cnc(C)n2n1. The van der Waals surface area contributed by atoms with Gasteiger partial charge in [0.25, 0.3) is 0 Å². The highest BCUT2D eigenvalue weighted by Crippen LogP contribution is 2.36. The molecule has 4 aromatic rings. The topological polar surface area (TPSA) is 82.2 Å². The quantitative estimate of drug-likeness (QED) is 0.507. The van der Waals surface area contributed by atoms with Gasteiger partial charge in [-0.05, 0) is 39.8 Å². The highest BCUT2D eigenvalue weighted by Gasteiger charge is 2.30. The molecule has 1 N–H and O–H groups in total. The van der Waals surface area contributed by atoms with Crippen molar-refractivity contribution in [1.82, 2.24) is 29.1 Å². The lowest BCUT2D eigenvalue weighted by Gasteiger charge is -2.27. The monoisotopic (exact) mass is 405 g/mol. The van der Waals surface area contributed by atoms with Gasteiger partial charge in [-0.2, -0.15) is 5.10 Å². The molecular formula is C22H27N7O. The van der Waals surface area contributed by atoms with Crippen LogP contribution >= 0.6 is 0 Å². The molecule has 0 aliphatic carbocycles. The maximum Gasteiger partial charge on any atom is 0.217 e. The van der Waals surface area contributed by atoms with Crippen LogP contribution < -0.4 is 10.1 Å². The lowest BCUT2D eigenvalue weighted by atomic mass is 9.81. The van der Waals surface area contributed by atoms with E-state index in [1.54, 1.807) is 12.5 Å². The molecule has 0 fully saturated rings. The Labute approximate surface area is 176 Å². The van der Waals surface area contributed by atoms with Crippen LogP contribution in [-0.4, -0.2) is 35.7 Å². The second kappa shape index (κ2) is 7.78. The molecule has 0 radical (unpaired) electrons. The molecular weight excluding hydrogens is 378 g/mol. The highest BCUT2D eigenvalue weighted by molar-refractivity contribution is 5.72. The Morgan fingerprint density at radius 3 is 2.77 bits per heavy atom. The number of aryl methyl sites for hydroxylation is 2. The van der Waals surface area contributed by atoms with E-state index in [0.29, 0.717) is 19.0 Å². The number of nitrogens with one attached hydrogen (secondary N) is 1. The van der Waals surface area contributed by atoms with Crippen LogP contribution in [0.15, 0.2) is 43.1 Å². The summed E-state index contributed by atoms with van der Waals surface area (Å²) >= 11 is 0. The number of imidazole rings is 2. The van der Waals surface area contributed by atoms with Crippen molar-refractivity contribution in [2.24, 2.45) is 7.05 Å². The molecule has 4 heterocycles. The smallest absolute Gasteiger partial charge is 0.217 e. The lowest BCUT2D eigenvalue weighted by Crippen LogP contribution is -2.24. The summed E-state index contributed by atoms with van der Waals surface area (Å²) in [6.07, 6.45) is 7.40. The van der Waals surface area contributed by atoms with Crippen molar-refractivity contribution in [3.05, 3.63) is 65.9 Å². The highest BCUT2D eigenvalue weighted by atomic mass is 16.5. The zero-order valence-electron chi connectivity index (χ0n) is 18.0. The first-order valence-corrected chi connectivity index (χ1v) is 10.0. The average molecular weight is 406 g/mol. The Morgan fingerprint density at radius 1 is 1.20 bits per heavy atom. The Morgan fingerprint density at radius 2 is 2.03 bits per heavy atom. The normalized spacial score (nSPS) is 11.8. The molecule has 0 aliphatic rings. The number of nitrogens with zero attached hydrogens (tertiary/aromatic N) is 6. The third kappa shape index (κ3) is 3.60. The van der Waals surface area contributed by atoms with Crippen molar-refractivity contribution < 1.29 is 4.74 Å². The van der Waals surface area contributed by atoms with E-state index in [9.17, 15) is 0 Å². The van der Waals surface area contributed by atoms with Crippen LogP contribution in [-0.2, 0) is 19.0 Å². The van der Waals surface area contributed by atoms with Crippen LogP contribution in [0, 0.1) is 6.92 Å². The predicted octanol–water partition coefficient (Wildman–Crippen LogP) is 3.50. The van der Waals surface area contributed by atoms with Crippen LogP contribution in [0.5, 0.6) is 5.88 Å². The molecule has 0 spiro atoms. The molecule has 0 aliphatic heterocycles. The van der Waals surface area contributed by atoms with E-state index in [-0.39, 0.29) is 0 Å². The number of aromatic nitrogens is 6. The first-order valence-electron chi connectivity index (χ1n) is 10.0. The Hall–Kier alpha value is -3.42. The Bertz CT molecular complexity index is 1180. The molecule has 8 nitrogen and oxygen atoms in total. The van der Waals surface area contributed by atoms with E-state index in [1.807, 2.05) is 54.5 Å². The van der Waals surface area contributed by atoms with E-state index in [0.717, 1.165) is 34.0 Å². The van der Waals surface area contributed by atoms with Crippen molar-refractivity contribution in [2.45, 2.75) is 39.7 Å². The minimum absolute atomic E-state index is 0.426. The molecule has 0 unspecified atom stereocenters. The Kier molecular flexibility index (Phi) is 5.15. The lowest BCUT2D eigenvalue weighted by molar-refractivity contribution is 0.317. The van der Waals surface area contributed by atoms with Crippen LogP contribution in [0.1, 0.15) is 43.5 Å². The molecule has 0 saturated carbocycles. The summed E-state index contributed by atoms with van der Waals surface area (Å²) in [5, 5.41) is 8.43. The minimum atomic E-state index is -0.426. The number of rotatable bonds is 7. The van der Waals surface area contributed by atoms with Gasteiger partial charge in [-0.3, -0.25) is 0 Å². The number of fused-ring (bicyclic) bond motifs is 1. The molecule has 156 valence electrons. The second-order valence-electron chi connectivity index (χ2n) is 7.84. The van der Waals surface area contributed by atoms with Gasteiger partial charge >= 0.3 is 0 Å². The molecule has 0 atom stereocenters. The van der Waals surface area contributed by atoms with Crippen LogP contribution in [0.4, 0.5) is 5.69 Å². The number of pyridine rings is 1. The van der Waals surface area contributed by atoms with Gasteiger partial charge in [-0.25, -0.2) is 19.5 Å². The number of ether oxygens (including phenoxy) is 1. The number of hydrogen-bond acceptors (Lipinski definition) is 6. The van der Waals surface area contributed by atoms with Crippen LogP contribution in [0.3, 0.4) is 0 Å². The van der Waals surface area contributed by atoms with Gasteiger partial charge in [-0.15, -0.1) is 0 Å². The summed E-state index contributed by atoms with van der Waals surface area (Å²) in [7, 11) is 1.96. The zero-order chi connectivity index (χ0) is 21.3. The summed E-state index contributed by atoms with van der Waals surface area (Å²) < 4.78 is 9.62. The van der Waals surface area contributed by atoms with Gasteiger partial charge in [0, 0.05) is 30.4 Å². The maximum absolute atomic E-state index is 5.79. The molecule has 0 saturated heterocycles. The van der Waals surface area contributed by atoms with Gasteiger partial charge in [0.05, 0.1) is 42.8 Å². The number of hydrogen-bond donors (Lipinski definition) is 1. The standard InChI is InChI=1S/C22H27N7O/c1-6-30-21-17(8-7-9-23-21)22(3,4)20-10-18(19-12-24-15(2)29(19)27-20)25-11-16-13-28(5)14-26-16/h7-10,12-14,25H,6,11H2,1-5H3. The van der Waals surface area contributed by atoms with E-state index in [1.165, 1.54) is 0 Å². The van der Waals surface area contributed by atoms with Crippen molar-refractivity contribution in [3.63, 3.8) is 0 Å². The molecule has 8 heteroatoms. The van der Waals surface area contributed by atoms with Crippen LogP contribution in [0.2, 0.25) is 0 Å². The second-order valence-corrected chi connectivity index (χ2v) is 7.84. The zero-order valence-corrected chi connectivity index (χ0v) is 18.0. The van der Waals surface area contributed by atoms with Crippen molar-refractivity contribution >= 4 is 11.2 Å². The summed E-state index contributed by atoms with van der Waals surface area (Å²) in [6, 6.07) is 6.06. The summed E-state index contributed by atoms with van der Waals surface area (Å²) in [6.45, 7) is 9.36. The number of anilines is 1. The van der Waals surface area contributed by atoms with Crippen LogP contribution in [0.25, 0.3) is 5.52 Å². The molecule has 4 rings (SSSR count). The Balaban J connectivity index is 1.78. The van der Waals surface area contributed by atoms with Gasteiger partial charge in [0.1, 0.15) is 11.3 Å². The first kappa shape index (κ1) is 19.9. The average Bonchev–Trinajstić information content (AvgIpc) is 3.32. The third-order valence-corrected chi connectivity index (χ3v) is 5.26. The molecule has 4 aromatic heterocycles. The first-order chi connectivity index (χ1) is 14.4. The minimum Gasteiger partial charge on any atom is -0.478 e. The van der Waals surface area contributed by atoms with E-state index in [2.05, 4.69) is 40.2 Å². The van der Waals surface area contributed by atoms with Crippen molar-refractivity contribution in [3.8, 4) is 5.88 Å². The maximum atomic E-state index is 5.79. The summed E-state index contributed by atoms with van der Waals surface area (Å²) in [5.74, 6) is 1.47. The molecule has 30 heavy (non-hydrogen) atoms. The van der Waals surface area contributed by atoms with E-state index >= 15 is 0 Å². The van der Waals surface area contributed by atoms with E-state index in [4.69, 9.17) is 9.84 Å². The molecule has 0 aromatic carbocycles. The fourth-order valence-electron chi connectivity index (χ4n) is 3.54. The van der Waals surface area contributed by atoms with E-state index < -0.39 is 5.41 Å². The van der Waals surface area contributed by atoms with Gasteiger partial charge in [-0.1, -0.05) is 6.07 Å². The fraction of sp³-hybridized carbons (Fsp3) is 0.364. The molecule has 0 amide bonds. The van der Waals surface area contributed by atoms with Crippen molar-refractivity contribution in [1.29, 1.82) is 0 Å². The largest absolute Gasteiger partial charge is 0.478 e. The van der Waals surface area contributed by atoms with Crippen molar-refractivity contribution in [2.75, 3.05) is 11.9 Å².